The zero-order valence-electron chi connectivity index (χ0n) is 9.72. The van der Waals surface area contributed by atoms with E-state index in [1.165, 1.54) is 21.3 Å². The first kappa shape index (κ1) is 15.9. The Balaban J connectivity index is 4.71. The second-order valence-electron chi connectivity index (χ2n) is 2.66. The summed E-state index contributed by atoms with van der Waals surface area (Å²) >= 11 is 0. The predicted octanol–water partition coefficient (Wildman–Crippen LogP) is -0.846. The fourth-order valence-electron chi connectivity index (χ4n) is 0.704. The van der Waals surface area contributed by atoms with Crippen molar-refractivity contribution >= 4 is 9.05 Å². The van der Waals surface area contributed by atoms with Crippen molar-refractivity contribution in [2.45, 2.75) is 19.2 Å². The van der Waals surface area contributed by atoms with Crippen molar-refractivity contribution in [3.8, 4) is 0 Å². The van der Waals surface area contributed by atoms with Gasteiger partial charge in [-0.3, -0.25) is 11.5 Å². The van der Waals surface area contributed by atoms with Crippen LogP contribution in [0, 0.1) is 0 Å². The van der Waals surface area contributed by atoms with Gasteiger partial charge in [-0.25, -0.2) is 14.7 Å². The van der Waals surface area contributed by atoms with Crippen LogP contribution in [0.15, 0.2) is 0 Å². The lowest BCUT2D eigenvalue weighted by Crippen LogP contribution is -2.62. The van der Waals surface area contributed by atoms with Gasteiger partial charge in [-0.2, -0.15) is 13.7 Å². The lowest BCUT2D eigenvalue weighted by atomic mass is 10.3. The molecule has 9 nitrogen and oxygen atoms in total. The highest BCUT2D eigenvalue weighted by Gasteiger charge is 2.55. The Kier molecular flexibility index (Phi) is 7.17. The summed E-state index contributed by atoms with van der Waals surface area (Å²) in [7, 11) is -0.191. The summed E-state index contributed by atoms with van der Waals surface area (Å²) < 4.78 is 19.3. The van der Waals surface area contributed by atoms with Crippen molar-refractivity contribution in [3.63, 3.8) is 0 Å². The first-order chi connectivity index (χ1) is 7.45. The van der Waals surface area contributed by atoms with Crippen LogP contribution in [-0.4, -0.2) is 36.2 Å². The van der Waals surface area contributed by atoms with E-state index in [2.05, 4.69) is 14.7 Å². The maximum absolute atomic E-state index is 5.58. The molecule has 0 atom stereocenters. The Morgan fingerprint density at radius 2 is 1.31 bits per heavy atom. The number of nitrogens with two attached hydrogens (primary N) is 2. The zero-order valence-corrected chi connectivity index (χ0v) is 10.7. The molecule has 0 amide bonds. The Bertz CT molecular complexity index is 177. The highest BCUT2D eigenvalue weighted by Crippen LogP contribution is 2.17. The SMILES string of the molecule is CCC(N)(N)O[Si](OOC)(OOC)OOC. The molecular weight excluding hydrogens is 240 g/mol. The molecule has 16 heavy (non-hydrogen) atoms. The molecule has 0 aliphatic carbocycles. The maximum atomic E-state index is 5.58. The first-order valence-corrected chi connectivity index (χ1v) is 6.02. The Morgan fingerprint density at radius 3 is 1.56 bits per heavy atom. The molecule has 0 rings (SSSR count). The quantitative estimate of drug-likeness (QED) is 0.236. The fraction of sp³-hybridized carbons (Fsp3) is 1.00. The van der Waals surface area contributed by atoms with Crippen LogP contribution in [0.5, 0.6) is 0 Å². The summed E-state index contributed by atoms with van der Waals surface area (Å²) in [5.41, 5.74) is 11.2. The second kappa shape index (κ2) is 7.23. The lowest BCUT2D eigenvalue weighted by molar-refractivity contribution is -0.378. The summed E-state index contributed by atoms with van der Waals surface area (Å²) in [5.74, 6) is -1.53. The van der Waals surface area contributed by atoms with Gasteiger partial charge in [0.1, 0.15) is 0 Å². The molecule has 0 unspecified atom stereocenters. The van der Waals surface area contributed by atoms with Crippen molar-refractivity contribution in [3.05, 3.63) is 0 Å². The summed E-state index contributed by atoms with van der Waals surface area (Å²) in [4.78, 5) is 13.3. The third-order valence-corrected chi connectivity index (χ3v) is 3.17. The Morgan fingerprint density at radius 1 is 0.938 bits per heavy atom. The minimum atomic E-state index is -3.87. The number of hydrogen-bond acceptors (Lipinski definition) is 9. The highest BCUT2D eigenvalue weighted by atomic mass is 28.4. The van der Waals surface area contributed by atoms with Crippen molar-refractivity contribution in [1.29, 1.82) is 0 Å². The van der Waals surface area contributed by atoms with Gasteiger partial charge >= 0.3 is 9.05 Å². The largest absolute Gasteiger partial charge is 0.766 e. The van der Waals surface area contributed by atoms with E-state index in [0.29, 0.717) is 0 Å². The summed E-state index contributed by atoms with van der Waals surface area (Å²) in [6.45, 7) is 1.70. The molecule has 0 radical (unpaired) electrons. The monoisotopic (exact) mass is 258 g/mol. The van der Waals surface area contributed by atoms with Gasteiger partial charge in [0.15, 0.2) is 5.85 Å². The molecule has 0 aromatic rings. The molecule has 0 aromatic heterocycles. The molecule has 0 fully saturated rings. The minimum Gasteiger partial charge on any atom is -0.315 e. The summed E-state index contributed by atoms with van der Waals surface area (Å²) in [6, 6.07) is 0. The molecule has 98 valence electrons. The zero-order chi connectivity index (χ0) is 12.7. The molecule has 0 aliphatic heterocycles. The van der Waals surface area contributed by atoms with Crippen LogP contribution in [0.2, 0.25) is 0 Å². The molecule has 4 N–H and O–H groups in total. The van der Waals surface area contributed by atoms with E-state index < -0.39 is 14.9 Å². The van der Waals surface area contributed by atoms with Gasteiger partial charge in [0.05, 0.1) is 21.3 Å². The average molecular weight is 258 g/mol. The third-order valence-electron chi connectivity index (χ3n) is 1.42. The van der Waals surface area contributed by atoms with E-state index >= 15 is 0 Å². The maximum Gasteiger partial charge on any atom is 0.766 e. The first-order valence-electron chi connectivity index (χ1n) is 4.38. The molecule has 10 heteroatoms. The molecule has 0 spiro atoms. The summed E-state index contributed by atoms with van der Waals surface area (Å²) in [6.07, 6.45) is 0.273. The summed E-state index contributed by atoms with van der Waals surface area (Å²) in [5, 5.41) is 0. The van der Waals surface area contributed by atoms with Crippen molar-refractivity contribution in [2.24, 2.45) is 11.5 Å². The van der Waals surface area contributed by atoms with Crippen LogP contribution in [0.25, 0.3) is 0 Å². The molecule has 0 saturated carbocycles. The van der Waals surface area contributed by atoms with Crippen LogP contribution >= 0.6 is 0 Å². The van der Waals surface area contributed by atoms with Gasteiger partial charge in [-0.05, 0) is 0 Å². The van der Waals surface area contributed by atoms with Crippen molar-refractivity contribution in [1.82, 2.24) is 0 Å². The normalized spacial score (nSPS) is 13.1. The van der Waals surface area contributed by atoms with E-state index in [0.717, 1.165) is 0 Å². The Hall–Kier alpha value is -0.143. The van der Waals surface area contributed by atoms with Crippen LogP contribution in [0.1, 0.15) is 13.3 Å². The van der Waals surface area contributed by atoms with E-state index in [1.54, 1.807) is 6.92 Å². The van der Waals surface area contributed by atoms with Gasteiger partial charge < -0.3 is 4.43 Å². The molecule has 0 bridgehead atoms. The molecular formula is C6H18N2O7Si. The molecule has 0 aliphatic rings. The standard InChI is InChI=1S/C6H18N2O7Si/c1-5-6(7,8)12-16(13-9-2,14-10-3)15-11-4/h5,7-8H2,1-4H3. The number of rotatable bonds is 9. The highest BCUT2D eigenvalue weighted by molar-refractivity contribution is 6.52. The fourth-order valence-corrected chi connectivity index (χ4v) is 2.11. The van der Waals surface area contributed by atoms with E-state index in [4.69, 9.17) is 29.6 Å². The van der Waals surface area contributed by atoms with Crippen LogP contribution < -0.4 is 11.5 Å². The lowest BCUT2D eigenvalue weighted by Gasteiger charge is -2.30. The van der Waals surface area contributed by atoms with Gasteiger partial charge in [0, 0.05) is 6.42 Å². The van der Waals surface area contributed by atoms with Gasteiger partial charge in [-0.1, -0.05) is 6.92 Å². The minimum absolute atomic E-state index is 0.273. The second-order valence-corrected chi connectivity index (χ2v) is 4.36. The van der Waals surface area contributed by atoms with Crippen molar-refractivity contribution < 1.29 is 32.8 Å². The van der Waals surface area contributed by atoms with Gasteiger partial charge in [-0.15, -0.1) is 0 Å². The topological polar surface area (TPSA) is 117 Å². The van der Waals surface area contributed by atoms with Crippen molar-refractivity contribution in [2.75, 3.05) is 21.3 Å². The third kappa shape index (κ3) is 5.27. The van der Waals surface area contributed by atoms with Crippen LogP contribution in [0.3, 0.4) is 0 Å². The van der Waals surface area contributed by atoms with Gasteiger partial charge in [0.25, 0.3) is 0 Å². The molecule has 0 aromatic carbocycles. The van der Waals surface area contributed by atoms with Crippen LogP contribution in [0.4, 0.5) is 0 Å². The van der Waals surface area contributed by atoms with E-state index in [-0.39, 0.29) is 6.42 Å². The molecule has 0 saturated heterocycles. The van der Waals surface area contributed by atoms with Gasteiger partial charge in [0.2, 0.25) is 0 Å². The van der Waals surface area contributed by atoms with E-state index in [9.17, 15) is 0 Å². The predicted molar refractivity (Wildman–Crippen MR) is 52.5 cm³/mol. The smallest absolute Gasteiger partial charge is 0.315 e. The Labute approximate surface area is 94.7 Å². The van der Waals surface area contributed by atoms with Crippen LogP contribution in [-0.2, 0) is 32.8 Å². The van der Waals surface area contributed by atoms with E-state index in [1.807, 2.05) is 0 Å². The average Bonchev–Trinajstić information content (AvgIpc) is 2.18. The molecule has 0 heterocycles. The number of hydrogen-bond donors (Lipinski definition) is 2.